The van der Waals surface area contributed by atoms with E-state index in [1.165, 1.54) is 6.33 Å². The molecule has 2 N–H and O–H groups in total. The quantitative estimate of drug-likeness (QED) is 0.709. The molecule has 0 bridgehead atoms. The summed E-state index contributed by atoms with van der Waals surface area (Å²) < 4.78 is 20.6. The number of hydrogen-bond acceptors (Lipinski definition) is 7. The van der Waals surface area contributed by atoms with Crippen LogP contribution in [0.3, 0.4) is 0 Å². The van der Waals surface area contributed by atoms with E-state index < -0.39 is 5.79 Å². The molecule has 0 unspecified atom stereocenters. The molecule has 29 heavy (non-hydrogen) atoms. The fourth-order valence-electron chi connectivity index (χ4n) is 4.51. The summed E-state index contributed by atoms with van der Waals surface area (Å²) >= 11 is 0. The van der Waals surface area contributed by atoms with Crippen LogP contribution in [-0.4, -0.2) is 44.1 Å². The molecule has 2 aromatic heterocycles. The molecule has 2 aliphatic rings. The Morgan fingerprint density at radius 3 is 2.76 bits per heavy atom. The van der Waals surface area contributed by atoms with Crippen LogP contribution >= 0.6 is 0 Å². The number of nitrogens with two attached hydrogens (primary N) is 1. The number of aromatic nitrogens is 4. The van der Waals surface area contributed by atoms with Gasteiger partial charge in [-0.15, -0.1) is 0 Å². The molecule has 3 aromatic rings. The summed E-state index contributed by atoms with van der Waals surface area (Å²) in [6, 6.07) is 10.2. The van der Waals surface area contributed by atoms with Crippen molar-refractivity contribution in [2.75, 3.05) is 12.3 Å². The molecule has 3 heterocycles. The van der Waals surface area contributed by atoms with Gasteiger partial charge in [-0.05, 0) is 25.8 Å². The third-order valence-corrected chi connectivity index (χ3v) is 5.74. The molecule has 1 saturated heterocycles. The molecule has 4 atom stereocenters. The Morgan fingerprint density at radius 2 is 1.93 bits per heavy atom. The van der Waals surface area contributed by atoms with Crippen molar-refractivity contribution in [3.05, 3.63) is 48.5 Å². The summed E-state index contributed by atoms with van der Waals surface area (Å²) in [5.41, 5.74) is 8.47. The second-order valence-corrected chi connectivity index (χ2v) is 8.21. The molecule has 1 aliphatic carbocycles. The van der Waals surface area contributed by atoms with E-state index in [1.807, 2.05) is 36.6 Å². The smallest absolute Gasteiger partial charge is 0.165 e. The minimum absolute atomic E-state index is 0.0394. The van der Waals surface area contributed by atoms with Crippen LogP contribution in [0.4, 0.5) is 5.82 Å². The molecule has 8 nitrogen and oxygen atoms in total. The number of benzene rings is 1. The van der Waals surface area contributed by atoms with Crippen molar-refractivity contribution in [1.29, 1.82) is 0 Å². The number of nitrogens with zero attached hydrogens (tertiary/aromatic N) is 4. The van der Waals surface area contributed by atoms with Gasteiger partial charge in [0.2, 0.25) is 0 Å². The first-order valence-electron chi connectivity index (χ1n) is 9.92. The van der Waals surface area contributed by atoms with Crippen molar-refractivity contribution in [3.63, 3.8) is 0 Å². The number of rotatable bonds is 5. The van der Waals surface area contributed by atoms with Gasteiger partial charge in [-0.25, -0.2) is 15.0 Å². The van der Waals surface area contributed by atoms with Crippen LogP contribution in [-0.2, 0) is 20.8 Å². The van der Waals surface area contributed by atoms with Crippen molar-refractivity contribution in [1.82, 2.24) is 19.5 Å². The fourth-order valence-corrected chi connectivity index (χ4v) is 4.51. The van der Waals surface area contributed by atoms with Crippen LogP contribution in [0.25, 0.3) is 11.2 Å². The summed E-state index contributed by atoms with van der Waals surface area (Å²) in [7, 11) is 0. The average Bonchev–Trinajstić information content (AvgIpc) is 3.35. The molecule has 5 rings (SSSR count). The summed E-state index contributed by atoms with van der Waals surface area (Å²) in [6.45, 7) is 5.10. The highest BCUT2D eigenvalue weighted by molar-refractivity contribution is 5.81. The Balaban J connectivity index is 1.38. The lowest BCUT2D eigenvalue weighted by Crippen LogP contribution is -2.28. The standard InChI is InChI=1S/C21H25N5O3/c1-21(2)28-17-14(10-27-9-13-6-4-3-5-7-13)8-15(18(17)29-21)26-12-25-16-19(22)23-11-24-20(16)26/h3-7,11-12,14-15,17-18H,8-10H2,1-2H3,(H2,22,23,24)/t14-,15+,17-,18+/m0/s1. The van der Waals surface area contributed by atoms with Crippen molar-refractivity contribution in [3.8, 4) is 0 Å². The lowest BCUT2D eigenvalue weighted by Gasteiger charge is -2.24. The molecular weight excluding hydrogens is 370 g/mol. The predicted octanol–water partition coefficient (Wildman–Crippen LogP) is 2.71. The van der Waals surface area contributed by atoms with Crippen LogP contribution in [0.2, 0.25) is 0 Å². The maximum atomic E-state index is 6.28. The molecular formula is C21H25N5O3. The number of imidazole rings is 1. The van der Waals surface area contributed by atoms with Crippen LogP contribution in [0.5, 0.6) is 0 Å². The van der Waals surface area contributed by atoms with Gasteiger partial charge in [0.25, 0.3) is 0 Å². The first-order valence-corrected chi connectivity index (χ1v) is 9.92. The largest absolute Gasteiger partial charge is 0.382 e. The molecule has 0 amide bonds. The summed E-state index contributed by atoms with van der Waals surface area (Å²) in [5, 5.41) is 0. The Hall–Kier alpha value is -2.55. The molecule has 1 saturated carbocycles. The maximum absolute atomic E-state index is 6.28. The molecule has 152 valence electrons. The average molecular weight is 395 g/mol. The minimum atomic E-state index is -0.629. The topological polar surface area (TPSA) is 97.3 Å². The van der Waals surface area contributed by atoms with E-state index >= 15 is 0 Å². The summed E-state index contributed by atoms with van der Waals surface area (Å²) in [5.74, 6) is -0.0297. The van der Waals surface area contributed by atoms with Crippen molar-refractivity contribution < 1.29 is 14.2 Å². The first-order chi connectivity index (χ1) is 14.0. The van der Waals surface area contributed by atoms with Crippen molar-refractivity contribution in [2.45, 2.75) is 50.9 Å². The van der Waals surface area contributed by atoms with E-state index in [9.17, 15) is 0 Å². The Bertz CT molecular complexity index is 1010. The van der Waals surface area contributed by atoms with E-state index in [-0.39, 0.29) is 24.2 Å². The monoisotopic (exact) mass is 395 g/mol. The molecule has 1 aromatic carbocycles. The SMILES string of the molecule is CC1(C)O[C@H]2[C@H](COCc3ccccc3)C[C@@H](n3cnc4c(N)ncnc43)[C@H]2O1. The number of ether oxygens (including phenoxy) is 3. The zero-order chi connectivity index (χ0) is 20.0. The van der Waals surface area contributed by atoms with E-state index in [0.717, 1.165) is 17.6 Å². The van der Waals surface area contributed by atoms with E-state index in [2.05, 4.69) is 27.1 Å². The lowest BCUT2D eigenvalue weighted by atomic mass is 10.1. The van der Waals surface area contributed by atoms with Crippen LogP contribution < -0.4 is 5.73 Å². The zero-order valence-corrected chi connectivity index (χ0v) is 16.6. The molecule has 0 spiro atoms. The third-order valence-electron chi connectivity index (χ3n) is 5.74. The normalized spacial score (nSPS) is 28.1. The van der Waals surface area contributed by atoms with Crippen molar-refractivity contribution in [2.24, 2.45) is 5.92 Å². The van der Waals surface area contributed by atoms with Gasteiger partial charge in [0.05, 0.1) is 31.7 Å². The number of anilines is 1. The van der Waals surface area contributed by atoms with E-state index in [4.69, 9.17) is 19.9 Å². The second-order valence-electron chi connectivity index (χ2n) is 8.21. The molecule has 1 aliphatic heterocycles. The van der Waals surface area contributed by atoms with Crippen LogP contribution in [0, 0.1) is 5.92 Å². The van der Waals surface area contributed by atoms with Crippen LogP contribution in [0.15, 0.2) is 43.0 Å². The van der Waals surface area contributed by atoms with Gasteiger partial charge >= 0.3 is 0 Å². The highest BCUT2D eigenvalue weighted by Gasteiger charge is 2.54. The number of fused-ring (bicyclic) bond motifs is 2. The number of nitrogen functional groups attached to an aromatic ring is 1. The first kappa shape index (κ1) is 18.5. The van der Waals surface area contributed by atoms with Gasteiger partial charge in [-0.3, -0.25) is 0 Å². The van der Waals surface area contributed by atoms with Crippen LogP contribution in [0.1, 0.15) is 31.9 Å². The lowest BCUT2D eigenvalue weighted by molar-refractivity contribution is -0.162. The second kappa shape index (κ2) is 7.05. The van der Waals surface area contributed by atoms with Crippen molar-refractivity contribution >= 4 is 17.0 Å². The van der Waals surface area contributed by atoms with Gasteiger partial charge in [-0.1, -0.05) is 30.3 Å². The Labute approximate surface area is 169 Å². The molecule has 8 heteroatoms. The Morgan fingerprint density at radius 1 is 1.14 bits per heavy atom. The van der Waals surface area contributed by atoms with Gasteiger partial charge in [0, 0.05) is 5.92 Å². The Kier molecular flexibility index (Phi) is 4.49. The highest BCUT2D eigenvalue weighted by atomic mass is 16.8. The van der Waals surface area contributed by atoms with Gasteiger partial charge < -0.3 is 24.5 Å². The van der Waals surface area contributed by atoms with Gasteiger partial charge in [-0.2, -0.15) is 0 Å². The number of hydrogen-bond donors (Lipinski definition) is 1. The summed E-state index contributed by atoms with van der Waals surface area (Å²) in [4.78, 5) is 12.9. The molecule has 2 fully saturated rings. The predicted molar refractivity (Wildman–Crippen MR) is 107 cm³/mol. The van der Waals surface area contributed by atoms with Gasteiger partial charge in [0.15, 0.2) is 17.3 Å². The minimum Gasteiger partial charge on any atom is -0.382 e. The van der Waals surface area contributed by atoms with E-state index in [1.54, 1.807) is 6.33 Å². The van der Waals surface area contributed by atoms with Gasteiger partial charge in [0.1, 0.15) is 17.9 Å². The zero-order valence-electron chi connectivity index (χ0n) is 16.6. The highest BCUT2D eigenvalue weighted by Crippen LogP contribution is 2.47. The maximum Gasteiger partial charge on any atom is 0.165 e. The molecule has 0 radical (unpaired) electrons. The summed E-state index contributed by atoms with van der Waals surface area (Å²) in [6.07, 6.45) is 3.97. The van der Waals surface area contributed by atoms with E-state index in [0.29, 0.717) is 24.5 Å². The fraction of sp³-hybridized carbons (Fsp3) is 0.476. The third kappa shape index (κ3) is 3.37.